The summed E-state index contributed by atoms with van der Waals surface area (Å²) < 4.78 is 5.50. The molecule has 0 saturated heterocycles. The minimum Gasteiger partial charge on any atom is -0.489 e. The molecule has 0 N–H and O–H groups in total. The second kappa shape index (κ2) is 2.86. The van der Waals surface area contributed by atoms with Crippen LogP contribution in [0, 0.1) is 17.4 Å². The average Bonchev–Trinajstić information content (AvgIpc) is 2.89. The number of hydrogen-bond donors (Lipinski definition) is 0. The van der Waals surface area contributed by atoms with Gasteiger partial charge in [-0.15, -0.1) is 0 Å². The van der Waals surface area contributed by atoms with E-state index in [-0.39, 0.29) is 0 Å². The highest BCUT2D eigenvalue weighted by atomic mass is 16.5. The number of ether oxygens (including phenoxy) is 1. The number of nitrogens with zero attached hydrogens (tertiary/aromatic N) is 1. The molecule has 12 heavy (non-hydrogen) atoms. The first kappa shape index (κ1) is 7.17. The van der Waals surface area contributed by atoms with Crippen molar-refractivity contribution >= 4 is 0 Å². The Hall–Kier alpha value is -1.49. The van der Waals surface area contributed by atoms with Gasteiger partial charge in [0.05, 0.1) is 11.7 Å². The molecule has 1 aromatic carbocycles. The summed E-state index contributed by atoms with van der Waals surface area (Å²) in [6.45, 7) is 0. The van der Waals surface area contributed by atoms with Gasteiger partial charge < -0.3 is 4.74 Å². The predicted octanol–water partition coefficient (Wildman–Crippen LogP) is 1.90. The SMILES string of the molecule is N#Cc1c[c]ccc1OC1CC1. The molecule has 59 valence electrons. The molecule has 2 nitrogen and oxygen atoms in total. The standard InChI is InChI=1S/C10H8NO/c11-7-8-3-1-2-4-10(8)12-9-5-6-9/h2-4,9H,5-6H2. The van der Waals surface area contributed by atoms with Crippen LogP contribution in [-0.2, 0) is 0 Å². The van der Waals surface area contributed by atoms with Crippen molar-refractivity contribution in [3.8, 4) is 11.8 Å². The first-order valence-electron chi connectivity index (χ1n) is 3.97. The molecule has 1 fully saturated rings. The van der Waals surface area contributed by atoms with Crippen LogP contribution in [0.2, 0.25) is 0 Å². The summed E-state index contributed by atoms with van der Waals surface area (Å²) in [6.07, 6.45) is 2.58. The molecule has 0 unspecified atom stereocenters. The third-order valence-electron chi connectivity index (χ3n) is 1.76. The Morgan fingerprint density at radius 1 is 1.58 bits per heavy atom. The number of hydrogen-bond acceptors (Lipinski definition) is 2. The van der Waals surface area contributed by atoms with E-state index in [1.54, 1.807) is 18.2 Å². The largest absolute Gasteiger partial charge is 0.489 e. The maximum atomic E-state index is 8.70. The van der Waals surface area contributed by atoms with Crippen molar-refractivity contribution in [3.63, 3.8) is 0 Å². The zero-order valence-electron chi connectivity index (χ0n) is 6.58. The third-order valence-corrected chi connectivity index (χ3v) is 1.76. The molecule has 0 bridgehead atoms. The van der Waals surface area contributed by atoms with E-state index in [0.29, 0.717) is 17.4 Å². The second-order valence-electron chi connectivity index (χ2n) is 2.85. The van der Waals surface area contributed by atoms with Crippen LogP contribution in [0.25, 0.3) is 0 Å². The van der Waals surface area contributed by atoms with Gasteiger partial charge in [0.2, 0.25) is 0 Å². The van der Waals surface area contributed by atoms with E-state index in [0.717, 1.165) is 12.8 Å². The molecule has 2 heteroatoms. The van der Waals surface area contributed by atoms with Crippen molar-refractivity contribution in [2.24, 2.45) is 0 Å². The van der Waals surface area contributed by atoms with Crippen LogP contribution in [0.5, 0.6) is 5.75 Å². The van der Waals surface area contributed by atoms with Crippen LogP contribution >= 0.6 is 0 Å². The van der Waals surface area contributed by atoms with Gasteiger partial charge in [-0.1, -0.05) is 6.07 Å². The Kier molecular flexibility index (Phi) is 1.71. The molecule has 0 heterocycles. The second-order valence-corrected chi connectivity index (χ2v) is 2.85. The van der Waals surface area contributed by atoms with Gasteiger partial charge in [-0.3, -0.25) is 0 Å². The molecule has 1 aliphatic carbocycles. The number of rotatable bonds is 2. The molecule has 1 saturated carbocycles. The van der Waals surface area contributed by atoms with Gasteiger partial charge in [-0.2, -0.15) is 5.26 Å². The number of nitriles is 1. The minimum absolute atomic E-state index is 0.347. The molecule has 1 aliphatic rings. The average molecular weight is 158 g/mol. The van der Waals surface area contributed by atoms with Gasteiger partial charge >= 0.3 is 0 Å². The summed E-state index contributed by atoms with van der Waals surface area (Å²) in [5.41, 5.74) is 0.574. The first-order chi connectivity index (χ1) is 5.90. The molecule has 0 spiro atoms. The summed E-state index contributed by atoms with van der Waals surface area (Å²) >= 11 is 0. The minimum atomic E-state index is 0.347. The van der Waals surface area contributed by atoms with E-state index in [4.69, 9.17) is 10.00 Å². The molecule has 0 amide bonds. The lowest BCUT2D eigenvalue weighted by atomic mass is 10.2. The molecule has 2 rings (SSSR count). The summed E-state index contributed by atoms with van der Waals surface area (Å²) in [5, 5.41) is 8.70. The molecule has 0 aromatic heterocycles. The highest BCUT2D eigenvalue weighted by Crippen LogP contribution is 2.28. The van der Waals surface area contributed by atoms with Crippen LogP contribution < -0.4 is 4.74 Å². The van der Waals surface area contributed by atoms with Gasteiger partial charge in [-0.25, -0.2) is 0 Å². The van der Waals surface area contributed by atoms with E-state index < -0.39 is 0 Å². The first-order valence-corrected chi connectivity index (χ1v) is 3.97. The third kappa shape index (κ3) is 1.40. The van der Waals surface area contributed by atoms with Gasteiger partial charge in [0.25, 0.3) is 0 Å². The van der Waals surface area contributed by atoms with Crippen LogP contribution in [0.4, 0.5) is 0 Å². The van der Waals surface area contributed by atoms with Crippen molar-refractivity contribution in [3.05, 3.63) is 29.8 Å². The molecule has 0 atom stereocenters. The number of benzene rings is 1. The quantitative estimate of drug-likeness (QED) is 0.658. The molecular weight excluding hydrogens is 150 g/mol. The zero-order chi connectivity index (χ0) is 8.39. The van der Waals surface area contributed by atoms with Crippen LogP contribution in [-0.4, -0.2) is 6.10 Å². The highest BCUT2D eigenvalue weighted by molar-refractivity contribution is 5.42. The van der Waals surface area contributed by atoms with Gasteiger partial charge in [0.15, 0.2) is 0 Å². The summed E-state index contributed by atoms with van der Waals surface area (Å²) in [4.78, 5) is 0. The predicted molar refractivity (Wildman–Crippen MR) is 43.6 cm³/mol. The molecular formula is C10H8NO. The van der Waals surface area contributed by atoms with Crippen molar-refractivity contribution in [1.29, 1.82) is 5.26 Å². The smallest absolute Gasteiger partial charge is 0.137 e. The maximum absolute atomic E-state index is 8.70. The van der Waals surface area contributed by atoms with E-state index >= 15 is 0 Å². The lowest BCUT2D eigenvalue weighted by Gasteiger charge is -2.04. The van der Waals surface area contributed by atoms with Crippen molar-refractivity contribution in [2.75, 3.05) is 0 Å². The fourth-order valence-corrected chi connectivity index (χ4v) is 0.972. The van der Waals surface area contributed by atoms with Gasteiger partial charge in [-0.05, 0) is 31.0 Å². The summed E-state index contributed by atoms with van der Waals surface area (Å²) in [7, 11) is 0. The fourth-order valence-electron chi connectivity index (χ4n) is 0.972. The normalized spacial score (nSPS) is 15.2. The van der Waals surface area contributed by atoms with Crippen LogP contribution in [0.1, 0.15) is 18.4 Å². The Balaban J connectivity index is 2.22. The summed E-state index contributed by atoms with van der Waals surface area (Å²) in [6, 6.07) is 10.1. The lowest BCUT2D eigenvalue weighted by Crippen LogP contribution is -1.97. The van der Waals surface area contributed by atoms with Crippen LogP contribution in [0.3, 0.4) is 0 Å². The van der Waals surface area contributed by atoms with E-state index in [9.17, 15) is 0 Å². The lowest BCUT2D eigenvalue weighted by molar-refractivity contribution is 0.302. The fraction of sp³-hybridized carbons (Fsp3) is 0.300. The monoisotopic (exact) mass is 158 g/mol. The molecule has 1 aromatic rings. The Labute approximate surface area is 71.4 Å². The molecule has 0 aliphatic heterocycles. The van der Waals surface area contributed by atoms with E-state index in [2.05, 4.69) is 12.1 Å². The molecule has 1 radical (unpaired) electrons. The van der Waals surface area contributed by atoms with Crippen LogP contribution in [0.15, 0.2) is 18.2 Å². The topological polar surface area (TPSA) is 33.0 Å². The van der Waals surface area contributed by atoms with Crippen molar-refractivity contribution in [2.45, 2.75) is 18.9 Å². The Bertz CT molecular complexity index is 323. The van der Waals surface area contributed by atoms with Crippen molar-refractivity contribution in [1.82, 2.24) is 0 Å². The Morgan fingerprint density at radius 3 is 3.08 bits per heavy atom. The van der Waals surface area contributed by atoms with Crippen molar-refractivity contribution < 1.29 is 4.74 Å². The van der Waals surface area contributed by atoms with Gasteiger partial charge in [0, 0.05) is 0 Å². The highest BCUT2D eigenvalue weighted by Gasteiger charge is 2.24. The summed E-state index contributed by atoms with van der Waals surface area (Å²) in [5.74, 6) is 0.693. The maximum Gasteiger partial charge on any atom is 0.137 e. The Morgan fingerprint density at radius 2 is 2.42 bits per heavy atom. The van der Waals surface area contributed by atoms with E-state index in [1.807, 2.05) is 0 Å². The zero-order valence-corrected chi connectivity index (χ0v) is 6.58. The van der Waals surface area contributed by atoms with E-state index in [1.165, 1.54) is 0 Å². The van der Waals surface area contributed by atoms with Gasteiger partial charge in [0.1, 0.15) is 11.8 Å².